The monoisotopic (exact) mass is 304 g/mol. The van der Waals surface area contributed by atoms with Gasteiger partial charge < -0.3 is 15.3 Å². The third-order valence-corrected chi connectivity index (χ3v) is 4.11. The van der Waals surface area contributed by atoms with Crippen molar-refractivity contribution in [3.05, 3.63) is 35.4 Å². The molecule has 5 nitrogen and oxygen atoms in total. The molecule has 0 bridgehead atoms. The maximum absolute atomic E-state index is 12.3. The Morgan fingerprint density at radius 3 is 2.41 bits per heavy atom. The minimum absolute atomic E-state index is 0.186. The Bertz CT molecular complexity index is 525. The molecule has 22 heavy (non-hydrogen) atoms. The second-order valence-corrected chi connectivity index (χ2v) is 6.24. The number of hydrogen-bond donors (Lipinski definition) is 2. The number of nitrogens with one attached hydrogen (secondary N) is 1. The standard InChI is InChI=1S/C17H24N2O3/c1-19(2)11-12-7-9-13(10-8-12)16(20)18-15-6-4-3-5-14(15)17(21)22/h7-10,14-15H,3-6,11H2,1-2H3,(H,18,20)(H,21,22)/t14-,15+/m1/s1. The van der Waals surface area contributed by atoms with E-state index in [1.165, 1.54) is 0 Å². The predicted octanol–water partition coefficient (Wildman–Crippen LogP) is 2.12. The van der Waals surface area contributed by atoms with Crippen molar-refractivity contribution in [2.45, 2.75) is 38.3 Å². The molecule has 120 valence electrons. The lowest BCUT2D eigenvalue weighted by Crippen LogP contribution is -2.45. The highest BCUT2D eigenvalue weighted by atomic mass is 16.4. The summed E-state index contributed by atoms with van der Waals surface area (Å²) < 4.78 is 0. The van der Waals surface area contributed by atoms with E-state index in [9.17, 15) is 14.7 Å². The van der Waals surface area contributed by atoms with Crippen molar-refractivity contribution < 1.29 is 14.7 Å². The Kier molecular flexibility index (Phi) is 5.55. The fourth-order valence-electron chi connectivity index (χ4n) is 2.98. The first-order valence-electron chi connectivity index (χ1n) is 7.74. The second kappa shape index (κ2) is 7.40. The lowest BCUT2D eigenvalue weighted by Gasteiger charge is -2.29. The van der Waals surface area contributed by atoms with E-state index in [4.69, 9.17) is 0 Å². The second-order valence-electron chi connectivity index (χ2n) is 6.24. The first kappa shape index (κ1) is 16.5. The molecule has 0 heterocycles. The molecule has 2 atom stereocenters. The maximum atomic E-state index is 12.3. The summed E-state index contributed by atoms with van der Waals surface area (Å²) in [6.07, 6.45) is 3.27. The molecule has 2 rings (SSSR count). The number of benzene rings is 1. The molecular weight excluding hydrogens is 280 g/mol. The molecule has 0 aliphatic heterocycles. The van der Waals surface area contributed by atoms with Crippen LogP contribution in [0.15, 0.2) is 24.3 Å². The van der Waals surface area contributed by atoms with Gasteiger partial charge in [-0.3, -0.25) is 9.59 Å². The Labute approximate surface area is 131 Å². The summed E-state index contributed by atoms with van der Waals surface area (Å²) >= 11 is 0. The van der Waals surface area contributed by atoms with E-state index in [1.54, 1.807) is 12.1 Å². The van der Waals surface area contributed by atoms with Crippen molar-refractivity contribution in [1.82, 2.24) is 10.2 Å². The number of amides is 1. The summed E-state index contributed by atoms with van der Waals surface area (Å²) in [5.74, 6) is -1.47. The third-order valence-electron chi connectivity index (χ3n) is 4.11. The van der Waals surface area contributed by atoms with E-state index >= 15 is 0 Å². The van der Waals surface area contributed by atoms with Gasteiger partial charge >= 0.3 is 5.97 Å². The van der Waals surface area contributed by atoms with Gasteiger partial charge in [-0.15, -0.1) is 0 Å². The Hall–Kier alpha value is -1.88. The smallest absolute Gasteiger partial charge is 0.308 e. The van der Waals surface area contributed by atoms with Crippen LogP contribution in [-0.2, 0) is 11.3 Å². The summed E-state index contributed by atoms with van der Waals surface area (Å²) in [6, 6.07) is 7.20. The number of carboxylic acids is 1. The quantitative estimate of drug-likeness (QED) is 0.874. The van der Waals surface area contributed by atoms with Gasteiger partial charge in [0.15, 0.2) is 0 Å². The molecule has 2 N–H and O–H groups in total. The number of nitrogens with zero attached hydrogens (tertiary/aromatic N) is 1. The Balaban J connectivity index is 2.00. The highest BCUT2D eigenvalue weighted by Crippen LogP contribution is 2.25. The van der Waals surface area contributed by atoms with Crippen molar-refractivity contribution >= 4 is 11.9 Å². The highest BCUT2D eigenvalue weighted by Gasteiger charge is 2.31. The molecule has 0 spiro atoms. The van der Waals surface area contributed by atoms with E-state index < -0.39 is 11.9 Å². The summed E-state index contributed by atoms with van der Waals surface area (Å²) in [5, 5.41) is 12.2. The SMILES string of the molecule is CN(C)Cc1ccc(C(=O)N[C@H]2CCCC[C@H]2C(=O)O)cc1. The van der Waals surface area contributed by atoms with Crippen molar-refractivity contribution in [2.75, 3.05) is 14.1 Å². The zero-order chi connectivity index (χ0) is 16.1. The number of aliphatic carboxylic acids is 1. The van der Waals surface area contributed by atoms with Gasteiger partial charge in [0, 0.05) is 18.2 Å². The van der Waals surface area contributed by atoms with Crippen LogP contribution in [0.25, 0.3) is 0 Å². The lowest BCUT2D eigenvalue weighted by atomic mass is 9.84. The zero-order valence-electron chi connectivity index (χ0n) is 13.2. The average molecular weight is 304 g/mol. The van der Waals surface area contributed by atoms with Gasteiger partial charge in [0.1, 0.15) is 0 Å². The van der Waals surface area contributed by atoms with E-state index in [0.717, 1.165) is 31.4 Å². The zero-order valence-corrected chi connectivity index (χ0v) is 13.2. The van der Waals surface area contributed by atoms with Crippen LogP contribution in [-0.4, -0.2) is 42.0 Å². The van der Waals surface area contributed by atoms with Gasteiger partial charge in [0.05, 0.1) is 5.92 Å². The Morgan fingerprint density at radius 1 is 1.18 bits per heavy atom. The number of carbonyl (C=O) groups excluding carboxylic acids is 1. The summed E-state index contributed by atoms with van der Waals surface area (Å²) in [6.45, 7) is 0.825. The van der Waals surface area contributed by atoms with Gasteiger partial charge in [0.2, 0.25) is 0 Å². The molecule has 1 amide bonds. The topological polar surface area (TPSA) is 69.6 Å². The number of rotatable bonds is 5. The molecule has 1 aliphatic rings. The van der Waals surface area contributed by atoms with Crippen molar-refractivity contribution in [3.63, 3.8) is 0 Å². The van der Waals surface area contributed by atoms with Crippen LogP contribution in [0.3, 0.4) is 0 Å². The van der Waals surface area contributed by atoms with Gasteiger partial charge in [-0.1, -0.05) is 25.0 Å². The van der Waals surface area contributed by atoms with Gasteiger partial charge in [0.25, 0.3) is 5.91 Å². The van der Waals surface area contributed by atoms with Crippen LogP contribution in [0.4, 0.5) is 0 Å². The van der Waals surface area contributed by atoms with Crippen molar-refractivity contribution in [2.24, 2.45) is 5.92 Å². The molecule has 1 saturated carbocycles. The molecule has 0 radical (unpaired) electrons. The molecule has 1 fully saturated rings. The molecule has 1 aromatic rings. The van der Waals surface area contributed by atoms with Crippen molar-refractivity contribution in [1.29, 1.82) is 0 Å². The van der Waals surface area contributed by atoms with Gasteiger partial charge in [-0.25, -0.2) is 0 Å². The van der Waals surface area contributed by atoms with Crippen LogP contribution in [0.2, 0.25) is 0 Å². The average Bonchev–Trinajstić information content (AvgIpc) is 2.47. The number of carbonyl (C=O) groups is 2. The molecule has 0 saturated heterocycles. The highest BCUT2D eigenvalue weighted by molar-refractivity contribution is 5.94. The van der Waals surface area contributed by atoms with Crippen LogP contribution >= 0.6 is 0 Å². The minimum atomic E-state index is -0.814. The fourth-order valence-corrected chi connectivity index (χ4v) is 2.98. The van der Waals surface area contributed by atoms with Gasteiger partial charge in [-0.2, -0.15) is 0 Å². The lowest BCUT2D eigenvalue weighted by molar-refractivity contribution is -0.143. The van der Waals surface area contributed by atoms with Crippen LogP contribution < -0.4 is 5.32 Å². The summed E-state index contributed by atoms with van der Waals surface area (Å²) in [7, 11) is 3.99. The van der Waals surface area contributed by atoms with E-state index in [1.807, 2.05) is 26.2 Å². The van der Waals surface area contributed by atoms with Crippen LogP contribution in [0.5, 0.6) is 0 Å². The van der Waals surface area contributed by atoms with E-state index in [0.29, 0.717) is 12.0 Å². The maximum Gasteiger partial charge on any atom is 0.308 e. The molecule has 1 aromatic carbocycles. The third kappa shape index (κ3) is 4.31. The Morgan fingerprint density at radius 2 is 1.82 bits per heavy atom. The molecular formula is C17H24N2O3. The molecule has 0 aromatic heterocycles. The molecule has 1 aliphatic carbocycles. The number of hydrogen-bond acceptors (Lipinski definition) is 3. The molecule has 0 unspecified atom stereocenters. The summed E-state index contributed by atoms with van der Waals surface area (Å²) in [4.78, 5) is 25.6. The fraction of sp³-hybridized carbons (Fsp3) is 0.529. The van der Waals surface area contributed by atoms with E-state index in [2.05, 4.69) is 10.2 Å². The largest absolute Gasteiger partial charge is 0.481 e. The van der Waals surface area contributed by atoms with Crippen molar-refractivity contribution in [3.8, 4) is 0 Å². The normalized spacial score (nSPS) is 21.6. The van der Waals surface area contributed by atoms with Crippen LogP contribution in [0.1, 0.15) is 41.6 Å². The van der Waals surface area contributed by atoms with Gasteiger partial charge in [-0.05, 0) is 44.6 Å². The number of carboxylic acid groups (broad SMARTS) is 1. The van der Waals surface area contributed by atoms with Crippen LogP contribution in [0, 0.1) is 5.92 Å². The predicted molar refractivity (Wildman–Crippen MR) is 84.7 cm³/mol. The summed E-state index contributed by atoms with van der Waals surface area (Å²) in [5.41, 5.74) is 1.72. The minimum Gasteiger partial charge on any atom is -0.481 e. The first-order chi connectivity index (χ1) is 10.5. The molecule has 5 heteroatoms. The first-order valence-corrected chi connectivity index (χ1v) is 7.74. The van der Waals surface area contributed by atoms with E-state index in [-0.39, 0.29) is 11.9 Å².